The number of nitrogens with zero attached hydrogens (tertiary/aromatic N) is 1. The maximum absolute atomic E-state index is 5.44. The van der Waals surface area contributed by atoms with Gasteiger partial charge in [-0.1, -0.05) is 19.1 Å². The zero-order valence-electron chi connectivity index (χ0n) is 8.22. The largest absolute Gasteiger partial charge is 0.402 e. The lowest BCUT2D eigenvalue weighted by Crippen LogP contribution is -2.00. The molecule has 0 aromatic carbocycles. The molecule has 0 unspecified atom stereocenters. The molecule has 0 atom stereocenters. The van der Waals surface area contributed by atoms with E-state index >= 15 is 0 Å². The van der Waals surface area contributed by atoms with Crippen LogP contribution in [0.4, 0.5) is 0 Å². The number of aliphatic imine (C=N–C) groups is 1. The van der Waals surface area contributed by atoms with Crippen LogP contribution in [0, 0.1) is 0 Å². The minimum Gasteiger partial charge on any atom is -0.402 e. The Bertz CT molecular complexity index is 212. The Kier molecular flexibility index (Phi) is 5.09. The van der Waals surface area contributed by atoms with Gasteiger partial charge in [-0.3, -0.25) is 4.99 Å². The highest BCUT2D eigenvalue weighted by Gasteiger charge is 1.90. The van der Waals surface area contributed by atoms with Crippen LogP contribution in [0.3, 0.4) is 0 Å². The maximum Gasteiger partial charge on any atom is 0.0256 e. The van der Waals surface area contributed by atoms with E-state index in [9.17, 15) is 0 Å². The van der Waals surface area contributed by atoms with E-state index in [2.05, 4.69) is 25.4 Å². The fourth-order valence-electron chi connectivity index (χ4n) is 0.686. The van der Waals surface area contributed by atoms with Crippen LogP contribution in [-0.2, 0) is 0 Å². The molecule has 2 nitrogen and oxygen atoms in total. The molecule has 2 heteroatoms. The van der Waals surface area contributed by atoms with E-state index in [0.29, 0.717) is 12.1 Å². The lowest BCUT2D eigenvalue weighted by Gasteiger charge is -1.97. The van der Waals surface area contributed by atoms with E-state index in [-0.39, 0.29) is 0 Å². The van der Waals surface area contributed by atoms with Crippen LogP contribution in [0.1, 0.15) is 33.6 Å². The first kappa shape index (κ1) is 11.0. The highest BCUT2D eigenvalue weighted by atomic mass is 14.7. The molecule has 0 saturated carbocycles. The van der Waals surface area contributed by atoms with Gasteiger partial charge in [0, 0.05) is 24.0 Å². The summed E-state index contributed by atoms with van der Waals surface area (Å²) in [6, 6.07) is 0. The molecule has 0 aliphatic carbocycles. The van der Waals surface area contributed by atoms with Crippen molar-refractivity contribution >= 4 is 5.71 Å². The van der Waals surface area contributed by atoms with Gasteiger partial charge in [0.05, 0.1) is 0 Å². The Morgan fingerprint density at radius 1 is 1.50 bits per heavy atom. The third-order valence-corrected chi connectivity index (χ3v) is 1.55. The summed E-state index contributed by atoms with van der Waals surface area (Å²) < 4.78 is 0. The Hall–Kier alpha value is -1.05. The summed E-state index contributed by atoms with van der Waals surface area (Å²) in [5.74, 6) is 0. The Labute approximate surface area is 74.9 Å². The second-order valence-corrected chi connectivity index (χ2v) is 3.03. The molecule has 0 aliphatic heterocycles. The van der Waals surface area contributed by atoms with E-state index in [1.54, 1.807) is 0 Å². The Morgan fingerprint density at radius 3 is 2.50 bits per heavy atom. The van der Waals surface area contributed by atoms with Crippen molar-refractivity contribution in [2.45, 2.75) is 33.6 Å². The summed E-state index contributed by atoms with van der Waals surface area (Å²) in [7, 11) is 0. The van der Waals surface area contributed by atoms with Gasteiger partial charge in [0.25, 0.3) is 0 Å². The third kappa shape index (κ3) is 5.71. The molecule has 0 rings (SSSR count). The Morgan fingerprint density at radius 2 is 2.08 bits per heavy atom. The predicted octanol–water partition coefficient (Wildman–Crippen LogP) is 2.62. The van der Waals surface area contributed by atoms with Gasteiger partial charge in [0.15, 0.2) is 0 Å². The number of allylic oxidation sites excluding steroid dienone is 2. The highest BCUT2D eigenvalue weighted by Crippen LogP contribution is 2.00. The minimum atomic E-state index is 0.666. The molecule has 0 radical (unpaired) electrons. The smallest absolute Gasteiger partial charge is 0.0256 e. The van der Waals surface area contributed by atoms with E-state index in [1.807, 2.05) is 13.1 Å². The summed E-state index contributed by atoms with van der Waals surface area (Å²) in [6.07, 6.45) is 3.62. The summed E-state index contributed by atoms with van der Waals surface area (Å²) in [4.78, 5) is 4.25. The van der Waals surface area contributed by atoms with Crippen LogP contribution >= 0.6 is 0 Å². The van der Waals surface area contributed by atoms with Crippen molar-refractivity contribution < 1.29 is 0 Å². The summed E-state index contributed by atoms with van der Waals surface area (Å²) in [5.41, 5.74) is 8.39. The molecular weight excluding hydrogens is 148 g/mol. The second-order valence-electron chi connectivity index (χ2n) is 3.03. The van der Waals surface area contributed by atoms with Crippen LogP contribution in [-0.4, -0.2) is 5.71 Å². The van der Waals surface area contributed by atoms with E-state index < -0.39 is 0 Å². The minimum absolute atomic E-state index is 0.666. The zero-order valence-corrected chi connectivity index (χ0v) is 8.22. The van der Waals surface area contributed by atoms with Crippen molar-refractivity contribution in [2.75, 3.05) is 0 Å². The molecule has 0 heterocycles. The van der Waals surface area contributed by atoms with Crippen molar-refractivity contribution in [1.82, 2.24) is 0 Å². The van der Waals surface area contributed by atoms with Crippen LogP contribution < -0.4 is 5.73 Å². The molecule has 0 spiro atoms. The Balaban J connectivity index is 4.08. The average molecular weight is 166 g/mol. The topological polar surface area (TPSA) is 38.4 Å². The normalized spacial score (nSPS) is 13.2. The van der Waals surface area contributed by atoms with Crippen LogP contribution in [0.2, 0.25) is 0 Å². The molecule has 0 aliphatic rings. The zero-order chi connectivity index (χ0) is 9.56. The standard InChI is InChI=1S/C10H18N2/c1-5-8(2)7-12-10(4)6-9(3)11/h7H,3,5-6,11H2,1-2,4H3/b8-7-,12-10+. The van der Waals surface area contributed by atoms with Crippen LogP contribution in [0.15, 0.2) is 29.0 Å². The molecular formula is C10H18N2. The highest BCUT2D eigenvalue weighted by molar-refractivity contribution is 5.84. The van der Waals surface area contributed by atoms with Crippen molar-refractivity contribution in [3.05, 3.63) is 24.0 Å². The van der Waals surface area contributed by atoms with Crippen molar-refractivity contribution in [3.8, 4) is 0 Å². The third-order valence-electron chi connectivity index (χ3n) is 1.55. The molecule has 0 aromatic heterocycles. The first-order valence-electron chi connectivity index (χ1n) is 4.18. The molecule has 0 bridgehead atoms. The lowest BCUT2D eigenvalue weighted by atomic mass is 10.2. The number of nitrogens with two attached hydrogens (primary N) is 1. The SMILES string of the molecule is C=C(N)C/C(C)=N/C=C(/C)CC. The van der Waals surface area contributed by atoms with Gasteiger partial charge in [-0.2, -0.15) is 0 Å². The maximum atomic E-state index is 5.44. The molecule has 68 valence electrons. The monoisotopic (exact) mass is 166 g/mol. The van der Waals surface area contributed by atoms with Gasteiger partial charge in [0.1, 0.15) is 0 Å². The number of hydrogen-bond acceptors (Lipinski definition) is 2. The van der Waals surface area contributed by atoms with E-state index in [4.69, 9.17) is 5.73 Å². The fourth-order valence-corrected chi connectivity index (χ4v) is 0.686. The number of hydrogen-bond donors (Lipinski definition) is 1. The molecule has 0 amide bonds. The van der Waals surface area contributed by atoms with E-state index in [0.717, 1.165) is 12.1 Å². The van der Waals surface area contributed by atoms with Crippen molar-refractivity contribution in [2.24, 2.45) is 10.7 Å². The predicted molar refractivity (Wildman–Crippen MR) is 55.1 cm³/mol. The molecule has 0 fully saturated rings. The van der Waals surface area contributed by atoms with Crippen LogP contribution in [0.25, 0.3) is 0 Å². The lowest BCUT2D eigenvalue weighted by molar-refractivity contribution is 1.08. The molecule has 0 aromatic rings. The summed E-state index contributed by atoms with van der Waals surface area (Å²) in [6.45, 7) is 9.75. The average Bonchev–Trinajstić information content (AvgIpc) is 1.99. The van der Waals surface area contributed by atoms with E-state index in [1.165, 1.54) is 5.57 Å². The van der Waals surface area contributed by atoms with Crippen LogP contribution in [0.5, 0.6) is 0 Å². The van der Waals surface area contributed by atoms with Gasteiger partial charge in [0.2, 0.25) is 0 Å². The van der Waals surface area contributed by atoms with Gasteiger partial charge < -0.3 is 5.73 Å². The molecule has 12 heavy (non-hydrogen) atoms. The second kappa shape index (κ2) is 5.58. The van der Waals surface area contributed by atoms with Gasteiger partial charge in [-0.25, -0.2) is 0 Å². The first-order valence-corrected chi connectivity index (χ1v) is 4.18. The summed E-state index contributed by atoms with van der Waals surface area (Å²) >= 11 is 0. The first-order chi connectivity index (χ1) is 5.56. The van der Waals surface area contributed by atoms with Gasteiger partial charge >= 0.3 is 0 Å². The van der Waals surface area contributed by atoms with Gasteiger partial charge in [-0.15, -0.1) is 0 Å². The number of rotatable bonds is 4. The fraction of sp³-hybridized carbons (Fsp3) is 0.500. The van der Waals surface area contributed by atoms with Crippen molar-refractivity contribution in [1.29, 1.82) is 0 Å². The molecule has 0 saturated heterocycles. The van der Waals surface area contributed by atoms with Crippen molar-refractivity contribution in [3.63, 3.8) is 0 Å². The molecule has 2 N–H and O–H groups in total. The van der Waals surface area contributed by atoms with Gasteiger partial charge in [-0.05, 0) is 20.3 Å². The quantitative estimate of drug-likeness (QED) is 0.640. The summed E-state index contributed by atoms with van der Waals surface area (Å²) in [5, 5.41) is 0.